The van der Waals surface area contributed by atoms with Gasteiger partial charge in [0.25, 0.3) is 0 Å². The first kappa shape index (κ1) is 14.8. The van der Waals surface area contributed by atoms with Crippen LogP contribution in [-0.2, 0) is 26.3 Å². The lowest BCUT2D eigenvalue weighted by molar-refractivity contribution is 0.0350. The first-order chi connectivity index (χ1) is 9.56. The lowest BCUT2D eigenvalue weighted by Gasteiger charge is -2.27. The molecule has 1 aromatic carbocycles. The molecule has 0 bridgehead atoms. The van der Waals surface area contributed by atoms with Gasteiger partial charge < -0.3 is 5.11 Å². The highest BCUT2D eigenvalue weighted by Crippen LogP contribution is 2.23. The van der Waals surface area contributed by atoms with Crippen LogP contribution in [0, 0.1) is 0 Å². The van der Waals surface area contributed by atoms with E-state index < -0.39 is 5.60 Å². The highest BCUT2D eigenvalue weighted by Gasteiger charge is 2.27. The third-order valence-corrected chi connectivity index (χ3v) is 3.93. The summed E-state index contributed by atoms with van der Waals surface area (Å²) >= 11 is 0. The lowest BCUT2D eigenvalue weighted by Crippen LogP contribution is -2.34. The standard InChI is InChI=1S/C17H24N2O/c1-4-15-11-16(19(3)18-15)13-17(20,5-2)12-14-9-7-6-8-10-14/h6-11,20H,4-5,12-13H2,1-3H3. The van der Waals surface area contributed by atoms with Crippen LogP contribution in [-0.4, -0.2) is 20.5 Å². The molecular formula is C17H24N2O. The molecule has 0 saturated heterocycles. The zero-order valence-corrected chi connectivity index (χ0v) is 12.6. The molecule has 3 nitrogen and oxygen atoms in total. The van der Waals surface area contributed by atoms with E-state index in [9.17, 15) is 5.11 Å². The van der Waals surface area contributed by atoms with E-state index in [0.29, 0.717) is 12.8 Å². The van der Waals surface area contributed by atoms with E-state index in [0.717, 1.165) is 24.2 Å². The molecule has 1 heterocycles. The molecule has 0 aliphatic heterocycles. The number of benzene rings is 1. The Morgan fingerprint density at radius 3 is 2.40 bits per heavy atom. The fourth-order valence-electron chi connectivity index (χ4n) is 2.54. The number of nitrogens with zero attached hydrogens (tertiary/aromatic N) is 2. The van der Waals surface area contributed by atoms with Crippen LogP contribution in [0.5, 0.6) is 0 Å². The first-order valence-electron chi connectivity index (χ1n) is 7.34. The largest absolute Gasteiger partial charge is 0.389 e. The van der Waals surface area contributed by atoms with E-state index in [4.69, 9.17) is 0 Å². The molecule has 0 spiro atoms. The molecule has 1 unspecified atom stereocenters. The van der Waals surface area contributed by atoms with Crippen LogP contribution in [0.2, 0.25) is 0 Å². The maximum absolute atomic E-state index is 10.9. The topological polar surface area (TPSA) is 38.0 Å². The molecule has 1 atom stereocenters. The fraction of sp³-hybridized carbons (Fsp3) is 0.471. The van der Waals surface area contributed by atoms with Crippen LogP contribution in [0.25, 0.3) is 0 Å². The van der Waals surface area contributed by atoms with E-state index in [1.807, 2.05) is 36.9 Å². The average molecular weight is 272 g/mol. The fourth-order valence-corrected chi connectivity index (χ4v) is 2.54. The van der Waals surface area contributed by atoms with Crippen LogP contribution in [0.3, 0.4) is 0 Å². The zero-order valence-electron chi connectivity index (χ0n) is 12.6. The van der Waals surface area contributed by atoms with Crippen molar-refractivity contribution >= 4 is 0 Å². The molecule has 0 radical (unpaired) electrons. The van der Waals surface area contributed by atoms with Gasteiger partial charge in [-0.2, -0.15) is 5.10 Å². The molecule has 1 N–H and O–H groups in total. The van der Waals surface area contributed by atoms with E-state index in [1.165, 1.54) is 5.56 Å². The van der Waals surface area contributed by atoms with Crippen molar-refractivity contribution in [1.29, 1.82) is 0 Å². The van der Waals surface area contributed by atoms with Crippen LogP contribution >= 0.6 is 0 Å². The first-order valence-corrected chi connectivity index (χ1v) is 7.34. The summed E-state index contributed by atoms with van der Waals surface area (Å²) in [6, 6.07) is 12.3. The summed E-state index contributed by atoms with van der Waals surface area (Å²) in [5, 5.41) is 15.4. The number of aliphatic hydroxyl groups is 1. The van der Waals surface area contributed by atoms with Gasteiger partial charge >= 0.3 is 0 Å². The highest BCUT2D eigenvalue weighted by molar-refractivity contribution is 5.19. The number of aromatic nitrogens is 2. The Hall–Kier alpha value is -1.61. The van der Waals surface area contributed by atoms with Gasteiger partial charge in [0.1, 0.15) is 0 Å². The van der Waals surface area contributed by atoms with E-state index in [1.54, 1.807) is 0 Å². The van der Waals surface area contributed by atoms with Crippen LogP contribution < -0.4 is 0 Å². The summed E-state index contributed by atoms with van der Waals surface area (Å²) in [4.78, 5) is 0. The van der Waals surface area contributed by atoms with Crippen molar-refractivity contribution in [2.75, 3.05) is 0 Å². The van der Waals surface area contributed by atoms with Crippen LogP contribution in [0.15, 0.2) is 36.4 Å². The Labute approximate surface area is 121 Å². The minimum absolute atomic E-state index is 0.641. The minimum Gasteiger partial charge on any atom is -0.389 e. The van der Waals surface area contributed by atoms with Crippen molar-refractivity contribution in [3.8, 4) is 0 Å². The summed E-state index contributed by atoms with van der Waals surface area (Å²) < 4.78 is 1.89. The lowest BCUT2D eigenvalue weighted by atomic mass is 9.87. The van der Waals surface area contributed by atoms with Crippen molar-refractivity contribution in [2.24, 2.45) is 7.05 Å². The Bertz CT molecular complexity index is 547. The Morgan fingerprint density at radius 1 is 1.15 bits per heavy atom. The van der Waals surface area contributed by atoms with Gasteiger partial charge in [0.05, 0.1) is 11.3 Å². The van der Waals surface area contributed by atoms with Gasteiger partial charge in [-0.1, -0.05) is 44.2 Å². The average Bonchev–Trinajstić information content (AvgIpc) is 2.80. The Balaban J connectivity index is 2.16. The molecule has 3 heteroatoms. The number of hydrogen-bond acceptors (Lipinski definition) is 2. The van der Waals surface area contributed by atoms with Gasteiger partial charge in [0.2, 0.25) is 0 Å². The highest BCUT2D eigenvalue weighted by atomic mass is 16.3. The quantitative estimate of drug-likeness (QED) is 0.878. The molecule has 0 aliphatic carbocycles. The second-order valence-corrected chi connectivity index (χ2v) is 5.52. The normalized spacial score (nSPS) is 14.2. The van der Waals surface area contributed by atoms with E-state index >= 15 is 0 Å². The molecular weight excluding hydrogens is 248 g/mol. The van der Waals surface area contributed by atoms with E-state index in [2.05, 4.69) is 30.2 Å². The maximum atomic E-state index is 10.9. The van der Waals surface area contributed by atoms with Crippen molar-refractivity contribution in [1.82, 2.24) is 9.78 Å². The second-order valence-electron chi connectivity index (χ2n) is 5.52. The van der Waals surface area contributed by atoms with Crippen molar-refractivity contribution in [2.45, 2.75) is 45.1 Å². The zero-order chi connectivity index (χ0) is 14.6. The molecule has 0 fully saturated rings. The molecule has 2 rings (SSSR count). The minimum atomic E-state index is -0.708. The second kappa shape index (κ2) is 6.23. The van der Waals surface area contributed by atoms with Crippen LogP contribution in [0.1, 0.15) is 37.2 Å². The number of aryl methyl sites for hydroxylation is 2. The molecule has 1 aromatic heterocycles. The Kier molecular flexibility index (Phi) is 4.61. The van der Waals surface area contributed by atoms with Gasteiger partial charge in [-0.25, -0.2) is 0 Å². The predicted octanol–water partition coefficient (Wildman–Crippen LogP) is 2.91. The number of rotatable bonds is 6. The summed E-state index contributed by atoms with van der Waals surface area (Å²) in [6.07, 6.45) is 2.98. The third kappa shape index (κ3) is 3.48. The smallest absolute Gasteiger partial charge is 0.0740 e. The van der Waals surface area contributed by atoms with Crippen molar-refractivity contribution in [3.05, 3.63) is 53.3 Å². The van der Waals surface area contributed by atoms with Gasteiger partial charge in [0, 0.05) is 25.6 Å². The van der Waals surface area contributed by atoms with Gasteiger partial charge in [-0.3, -0.25) is 4.68 Å². The summed E-state index contributed by atoms with van der Waals surface area (Å²) in [6.45, 7) is 4.14. The monoisotopic (exact) mass is 272 g/mol. The molecule has 0 saturated carbocycles. The van der Waals surface area contributed by atoms with E-state index in [-0.39, 0.29) is 0 Å². The van der Waals surface area contributed by atoms with Gasteiger partial charge in [-0.15, -0.1) is 0 Å². The molecule has 2 aromatic rings. The molecule has 20 heavy (non-hydrogen) atoms. The third-order valence-electron chi connectivity index (χ3n) is 3.93. The SMILES string of the molecule is CCc1cc(CC(O)(CC)Cc2ccccc2)n(C)n1. The predicted molar refractivity (Wildman–Crippen MR) is 81.7 cm³/mol. The van der Waals surface area contributed by atoms with Crippen molar-refractivity contribution in [3.63, 3.8) is 0 Å². The van der Waals surface area contributed by atoms with Gasteiger partial charge in [-0.05, 0) is 24.5 Å². The molecule has 0 amide bonds. The summed E-state index contributed by atoms with van der Waals surface area (Å²) in [7, 11) is 1.95. The maximum Gasteiger partial charge on any atom is 0.0740 e. The van der Waals surface area contributed by atoms with Gasteiger partial charge in [0.15, 0.2) is 0 Å². The van der Waals surface area contributed by atoms with Crippen LogP contribution in [0.4, 0.5) is 0 Å². The summed E-state index contributed by atoms with van der Waals surface area (Å²) in [5.41, 5.74) is 2.65. The summed E-state index contributed by atoms with van der Waals surface area (Å²) in [5.74, 6) is 0. The van der Waals surface area contributed by atoms with Crippen molar-refractivity contribution < 1.29 is 5.11 Å². The molecule has 0 aliphatic rings. The Morgan fingerprint density at radius 2 is 1.85 bits per heavy atom. The molecule has 108 valence electrons. The number of hydrogen-bond donors (Lipinski definition) is 1.